The molecule has 0 radical (unpaired) electrons. The van der Waals surface area contributed by atoms with Crippen LogP contribution >= 0.6 is 11.3 Å². The SMILES string of the molecule is CCCC(=O)N1CCn2cc(C(=O)NCc3cccs3)nc2[C@@H]1C. The minimum atomic E-state index is -0.177. The molecule has 0 unspecified atom stereocenters. The Morgan fingerprint density at radius 3 is 2.96 bits per heavy atom. The van der Waals surface area contributed by atoms with Gasteiger partial charge in [0.2, 0.25) is 5.91 Å². The summed E-state index contributed by atoms with van der Waals surface area (Å²) in [6, 6.07) is 3.85. The molecule has 1 aliphatic rings. The highest BCUT2D eigenvalue weighted by Crippen LogP contribution is 2.25. The highest BCUT2D eigenvalue weighted by molar-refractivity contribution is 7.09. The molecule has 128 valence electrons. The molecule has 1 aliphatic heterocycles. The van der Waals surface area contributed by atoms with Gasteiger partial charge < -0.3 is 14.8 Å². The number of carbonyl (C=O) groups excluding carboxylic acids is 2. The number of nitrogens with zero attached hydrogens (tertiary/aromatic N) is 3. The molecule has 0 saturated heterocycles. The number of nitrogens with one attached hydrogen (secondary N) is 1. The Kier molecular flexibility index (Phi) is 4.99. The first kappa shape index (κ1) is 16.7. The Bertz CT molecular complexity index is 723. The molecule has 7 heteroatoms. The second kappa shape index (κ2) is 7.17. The van der Waals surface area contributed by atoms with Gasteiger partial charge in [0.05, 0.1) is 12.6 Å². The summed E-state index contributed by atoms with van der Waals surface area (Å²) in [5, 5.41) is 4.88. The van der Waals surface area contributed by atoms with E-state index in [1.807, 2.05) is 40.8 Å². The molecule has 0 aliphatic carbocycles. The Hall–Kier alpha value is -2.15. The zero-order valence-electron chi connectivity index (χ0n) is 14.0. The van der Waals surface area contributed by atoms with Crippen LogP contribution < -0.4 is 5.32 Å². The van der Waals surface area contributed by atoms with Gasteiger partial charge in [0.15, 0.2) is 0 Å². The number of amides is 2. The van der Waals surface area contributed by atoms with Crippen molar-refractivity contribution in [3.8, 4) is 0 Å². The van der Waals surface area contributed by atoms with Gasteiger partial charge in [-0.1, -0.05) is 13.0 Å². The van der Waals surface area contributed by atoms with Gasteiger partial charge in [0.1, 0.15) is 11.5 Å². The number of hydrogen-bond acceptors (Lipinski definition) is 4. The maximum absolute atomic E-state index is 12.3. The van der Waals surface area contributed by atoms with Crippen LogP contribution in [0.3, 0.4) is 0 Å². The van der Waals surface area contributed by atoms with Crippen molar-refractivity contribution in [1.29, 1.82) is 0 Å². The number of hydrogen-bond donors (Lipinski definition) is 1. The van der Waals surface area contributed by atoms with Crippen molar-refractivity contribution in [2.45, 2.75) is 45.8 Å². The third kappa shape index (κ3) is 3.36. The minimum absolute atomic E-state index is 0.100. The summed E-state index contributed by atoms with van der Waals surface area (Å²) in [5.74, 6) is 0.763. The van der Waals surface area contributed by atoms with E-state index in [4.69, 9.17) is 0 Å². The Morgan fingerprint density at radius 2 is 2.25 bits per heavy atom. The van der Waals surface area contributed by atoms with Crippen molar-refractivity contribution in [2.75, 3.05) is 6.54 Å². The van der Waals surface area contributed by atoms with E-state index in [0.29, 0.717) is 31.7 Å². The maximum atomic E-state index is 12.3. The molecule has 24 heavy (non-hydrogen) atoms. The molecule has 0 aromatic carbocycles. The van der Waals surface area contributed by atoms with Gasteiger partial charge in [-0.3, -0.25) is 9.59 Å². The van der Waals surface area contributed by atoms with E-state index in [1.54, 1.807) is 17.5 Å². The third-order valence-electron chi connectivity index (χ3n) is 4.25. The maximum Gasteiger partial charge on any atom is 0.271 e. The van der Waals surface area contributed by atoms with Crippen LogP contribution in [0, 0.1) is 0 Å². The van der Waals surface area contributed by atoms with Crippen molar-refractivity contribution in [3.63, 3.8) is 0 Å². The number of rotatable bonds is 5. The van der Waals surface area contributed by atoms with E-state index < -0.39 is 0 Å². The number of fused-ring (bicyclic) bond motifs is 1. The quantitative estimate of drug-likeness (QED) is 0.905. The summed E-state index contributed by atoms with van der Waals surface area (Å²) in [7, 11) is 0. The van der Waals surface area contributed by atoms with Crippen molar-refractivity contribution in [1.82, 2.24) is 19.8 Å². The summed E-state index contributed by atoms with van der Waals surface area (Å²) in [6.45, 7) is 5.83. The lowest BCUT2D eigenvalue weighted by Crippen LogP contribution is -2.40. The van der Waals surface area contributed by atoms with E-state index in [9.17, 15) is 9.59 Å². The number of aromatic nitrogens is 2. The van der Waals surface area contributed by atoms with Gasteiger partial charge >= 0.3 is 0 Å². The monoisotopic (exact) mass is 346 g/mol. The summed E-state index contributed by atoms with van der Waals surface area (Å²) >= 11 is 1.61. The van der Waals surface area contributed by atoms with Crippen molar-refractivity contribution in [3.05, 3.63) is 40.1 Å². The van der Waals surface area contributed by atoms with E-state index in [2.05, 4.69) is 10.3 Å². The molecule has 0 saturated carbocycles. The van der Waals surface area contributed by atoms with E-state index in [1.165, 1.54) is 0 Å². The highest BCUT2D eigenvalue weighted by atomic mass is 32.1. The first-order valence-corrected chi connectivity index (χ1v) is 9.15. The van der Waals surface area contributed by atoms with Gasteiger partial charge in [-0.25, -0.2) is 4.98 Å². The third-order valence-corrected chi connectivity index (χ3v) is 5.13. The first-order valence-electron chi connectivity index (χ1n) is 8.27. The Balaban J connectivity index is 1.69. The van der Waals surface area contributed by atoms with Gasteiger partial charge in [-0.05, 0) is 24.8 Å². The van der Waals surface area contributed by atoms with Crippen LogP contribution in [0.25, 0.3) is 0 Å². The van der Waals surface area contributed by atoms with Crippen LogP contribution in [0.5, 0.6) is 0 Å². The zero-order chi connectivity index (χ0) is 17.1. The fraction of sp³-hybridized carbons (Fsp3) is 0.471. The first-order chi connectivity index (χ1) is 11.6. The molecular formula is C17H22N4O2S. The van der Waals surface area contributed by atoms with Crippen LogP contribution in [-0.2, 0) is 17.9 Å². The van der Waals surface area contributed by atoms with Crippen molar-refractivity contribution in [2.24, 2.45) is 0 Å². The van der Waals surface area contributed by atoms with Crippen LogP contribution in [0.2, 0.25) is 0 Å². The minimum Gasteiger partial charge on any atom is -0.346 e. The molecule has 0 fully saturated rings. The standard InChI is InChI=1S/C17H22N4O2S/c1-3-5-15(22)21-8-7-20-11-14(19-16(20)12(21)2)17(23)18-10-13-6-4-9-24-13/h4,6,9,11-12H,3,5,7-8,10H2,1-2H3,(H,18,23)/t12-/m0/s1. The van der Waals surface area contributed by atoms with Crippen LogP contribution in [-0.4, -0.2) is 32.8 Å². The molecule has 2 amide bonds. The lowest BCUT2D eigenvalue weighted by molar-refractivity contribution is -0.134. The van der Waals surface area contributed by atoms with Crippen LogP contribution in [0.1, 0.15) is 53.9 Å². The predicted molar refractivity (Wildman–Crippen MR) is 92.8 cm³/mol. The molecule has 3 heterocycles. The molecule has 6 nitrogen and oxygen atoms in total. The molecule has 1 N–H and O–H groups in total. The lowest BCUT2D eigenvalue weighted by Gasteiger charge is -2.33. The van der Waals surface area contributed by atoms with Gasteiger partial charge in [-0.15, -0.1) is 11.3 Å². The number of imidazole rings is 1. The highest BCUT2D eigenvalue weighted by Gasteiger charge is 2.30. The summed E-state index contributed by atoms with van der Waals surface area (Å²) in [4.78, 5) is 32.0. The predicted octanol–water partition coefficient (Wildman–Crippen LogP) is 2.58. The molecule has 2 aromatic heterocycles. The average molecular weight is 346 g/mol. The summed E-state index contributed by atoms with van der Waals surface area (Å²) < 4.78 is 1.99. The molecule has 3 rings (SSSR count). The zero-order valence-corrected chi connectivity index (χ0v) is 14.8. The fourth-order valence-corrected chi connectivity index (χ4v) is 3.61. The number of thiophene rings is 1. The lowest BCUT2D eigenvalue weighted by atomic mass is 10.2. The normalized spacial score (nSPS) is 16.8. The van der Waals surface area contributed by atoms with Gasteiger partial charge in [0, 0.05) is 30.6 Å². The number of carbonyl (C=O) groups is 2. The smallest absolute Gasteiger partial charge is 0.271 e. The molecule has 1 atom stereocenters. The molecule has 2 aromatic rings. The van der Waals surface area contributed by atoms with Crippen LogP contribution in [0.4, 0.5) is 0 Å². The molecule has 0 spiro atoms. The molecule has 0 bridgehead atoms. The van der Waals surface area contributed by atoms with E-state index in [0.717, 1.165) is 17.1 Å². The van der Waals surface area contributed by atoms with Crippen LogP contribution in [0.15, 0.2) is 23.7 Å². The van der Waals surface area contributed by atoms with Crippen molar-refractivity contribution < 1.29 is 9.59 Å². The topological polar surface area (TPSA) is 67.2 Å². The molecular weight excluding hydrogens is 324 g/mol. The van der Waals surface area contributed by atoms with E-state index >= 15 is 0 Å². The summed E-state index contributed by atoms with van der Waals surface area (Å²) in [6.07, 6.45) is 3.18. The van der Waals surface area contributed by atoms with Gasteiger partial charge in [0.25, 0.3) is 5.91 Å². The fourth-order valence-electron chi connectivity index (χ4n) is 2.97. The van der Waals surface area contributed by atoms with Crippen molar-refractivity contribution >= 4 is 23.2 Å². The second-order valence-corrected chi connectivity index (χ2v) is 6.99. The van der Waals surface area contributed by atoms with Gasteiger partial charge in [-0.2, -0.15) is 0 Å². The largest absolute Gasteiger partial charge is 0.346 e. The Labute approximate surface area is 145 Å². The van der Waals surface area contributed by atoms with E-state index in [-0.39, 0.29) is 17.9 Å². The summed E-state index contributed by atoms with van der Waals surface area (Å²) in [5.41, 5.74) is 0.415. The second-order valence-electron chi connectivity index (χ2n) is 5.95. The Morgan fingerprint density at radius 1 is 1.42 bits per heavy atom. The average Bonchev–Trinajstić information content (AvgIpc) is 3.23.